The van der Waals surface area contributed by atoms with E-state index in [0.717, 1.165) is 50.4 Å². The van der Waals surface area contributed by atoms with Gasteiger partial charge in [-0.15, -0.1) is 4.33 Å². The fourth-order valence-corrected chi connectivity index (χ4v) is 8.57. The summed E-state index contributed by atoms with van der Waals surface area (Å²) in [5, 5.41) is 68.0. The number of rotatable bonds is 10. The van der Waals surface area contributed by atoms with Crippen LogP contribution in [-0.4, -0.2) is 28.4 Å². The maximum Gasteiger partial charge on any atom is 1.00 e. The predicted octanol–water partition coefficient (Wildman–Crippen LogP) is -2.62. The predicted molar refractivity (Wildman–Crippen MR) is 178 cm³/mol. The van der Waals surface area contributed by atoms with E-state index in [9.17, 15) is 33.7 Å². The molecule has 0 amide bonds. The Labute approximate surface area is 378 Å². The summed E-state index contributed by atoms with van der Waals surface area (Å²) in [5.41, 5.74) is 0. The van der Waals surface area contributed by atoms with Crippen LogP contribution in [0.3, 0.4) is 0 Å². The summed E-state index contributed by atoms with van der Waals surface area (Å²) < 4.78 is 48.8. The van der Waals surface area contributed by atoms with Gasteiger partial charge < -0.3 is 25.3 Å². The minimum atomic E-state index is -4.90. The third kappa shape index (κ3) is 8.66. The molecule has 0 spiro atoms. The van der Waals surface area contributed by atoms with Crippen molar-refractivity contribution in [2.24, 2.45) is 0 Å². The first-order valence-corrected chi connectivity index (χ1v) is 17.5. The van der Waals surface area contributed by atoms with Crippen molar-refractivity contribution in [1.82, 2.24) is 0 Å². The van der Waals surface area contributed by atoms with E-state index in [1.807, 2.05) is 42.5 Å². The number of phenolic OH excluding ortho intramolecular Hbond substituents is 2. The van der Waals surface area contributed by atoms with Gasteiger partial charge in [-0.25, -0.2) is 13.7 Å². The van der Waals surface area contributed by atoms with Gasteiger partial charge in [-0.05, 0) is 62.0 Å². The van der Waals surface area contributed by atoms with E-state index in [0.29, 0.717) is 60.8 Å². The standard InChI is InChI=1S/C16H10O10S3.C16H10O4S.3Na/c17-11-5-12(27-25-23-18)8-2-3-9-13(28-26-24-19)6-14(29(20,21)22)10-4-1-7(11)15(8)16(9)10;17-13-8-14(21-20-19-18)12-7-5-10-3-1-2-9-4-6-11(13)16(12)15(9)10;;;/h1-6,17-19H,(H,20,21,22);1-8,17-18H;;;/q;;3*+1/p-3. The Kier molecular flexibility index (Phi) is 16.0. The molecule has 0 bridgehead atoms. The molecule has 0 radical (unpaired) electrons. The van der Waals surface area contributed by atoms with Crippen molar-refractivity contribution >= 4 is 111 Å². The molecule has 0 aliphatic carbocycles. The first-order valence-electron chi connectivity index (χ1n) is 13.9. The Bertz CT molecular complexity index is 2640. The van der Waals surface area contributed by atoms with E-state index in [1.165, 1.54) is 18.2 Å². The zero-order chi connectivity index (χ0) is 35.2. The molecule has 8 aromatic carbocycles. The number of phenols is 2. The minimum absolute atomic E-state index is 0. The van der Waals surface area contributed by atoms with Crippen LogP contribution in [0.4, 0.5) is 0 Å². The Balaban J connectivity index is 0.000000233. The third-order valence-electron chi connectivity index (χ3n) is 8.08. The van der Waals surface area contributed by atoms with E-state index in [2.05, 4.69) is 28.1 Å². The van der Waals surface area contributed by atoms with Gasteiger partial charge in [0.1, 0.15) is 21.6 Å². The Morgan fingerprint density at radius 2 is 0.925 bits per heavy atom. The Morgan fingerprint density at radius 1 is 0.528 bits per heavy atom. The van der Waals surface area contributed by atoms with Gasteiger partial charge in [-0.1, -0.05) is 65.7 Å². The van der Waals surface area contributed by atoms with Gasteiger partial charge in [0.05, 0.1) is 50.8 Å². The van der Waals surface area contributed by atoms with Crippen LogP contribution in [-0.2, 0) is 38.2 Å². The van der Waals surface area contributed by atoms with Gasteiger partial charge in [0.25, 0.3) is 0 Å². The average Bonchev–Trinajstić information content (AvgIpc) is 3.11. The average molecular weight is 823 g/mol. The molecule has 8 aromatic rings. The molecule has 0 aromatic heterocycles. The van der Waals surface area contributed by atoms with Crippen molar-refractivity contribution in [1.29, 1.82) is 0 Å². The van der Waals surface area contributed by atoms with Crippen LogP contribution in [0.1, 0.15) is 0 Å². The van der Waals surface area contributed by atoms with Gasteiger partial charge in [0, 0.05) is 31.8 Å². The molecule has 0 aliphatic heterocycles. The maximum atomic E-state index is 11.9. The van der Waals surface area contributed by atoms with Gasteiger partial charge in [0.15, 0.2) is 0 Å². The molecule has 0 fully saturated rings. The number of hydrogen-bond donors (Lipinski definition) is 3. The molecule has 8 rings (SSSR count). The minimum Gasteiger partial charge on any atom is -0.744 e. The molecule has 0 atom stereocenters. The summed E-state index contributed by atoms with van der Waals surface area (Å²) in [7, 11) is -4.90. The Morgan fingerprint density at radius 3 is 1.42 bits per heavy atom. The molecule has 21 heteroatoms. The Hall–Kier alpha value is -0.960. The molecule has 14 nitrogen and oxygen atoms in total. The smallest absolute Gasteiger partial charge is 0.744 e. The summed E-state index contributed by atoms with van der Waals surface area (Å²) in [6, 6.07) is 24.2. The van der Waals surface area contributed by atoms with Gasteiger partial charge >= 0.3 is 88.7 Å². The summed E-state index contributed by atoms with van der Waals surface area (Å²) in [5.74, 6) is -0.00239. The molecule has 0 heterocycles. The van der Waals surface area contributed by atoms with Crippen LogP contribution in [0, 0.1) is 0 Å². The molecule has 3 N–H and O–H groups in total. The summed E-state index contributed by atoms with van der Waals surface area (Å²) in [6.45, 7) is 0. The fourth-order valence-electron chi connectivity index (χ4n) is 6.23. The van der Waals surface area contributed by atoms with Crippen molar-refractivity contribution in [2.75, 3.05) is 0 Å². The SMILES string of the molecule is O=S(=O)([O-])c1cc(SOO[O-])c2ccc3c(SOO[O-])cc(O)c4ccc1c2c43.OOOSc1cc(O)c2ccc3cccc4ccc1c2c34.[Na+].[Na+].[Na+]. The molecule has 0 saturated heterocycles. The fraction of sp³-hybridized carbons (Fsp3) is 0. The second kappa shape index (κ2) is 19.0. The van der Waals surface area contributed by atoms with Crippen LogP contribution in [0.2, 0.25) is 0 Å². The first-order chi connectivity index (χ1) is 24.2. The van der Waals surface area contributed by atoms with Gasteiger partial charge in [-0.2, -0.15) is 8.67 Å². The van der Waals surface area contributed by atoms with Crippen LogP contribution < -0.4 is 99.2 Å². The van der Waals surface area contributed by atoms with Crippen molar-refractivity contribution in [3.05, 3.63) is 84.9 Å². The van der Waals surface area contributed by atoms with E-state index in [4.69, 9.17) is 5.26 Å². The van der Waals surface area contributed by atoms with Crippen molar-refractivity contribution < 1.29 is 156 Å². The molecule has 0 saturated carbocycles. The van der Waals surface area contributed by atoms with Crippen LogP contribution >= 0.6 is 36.1 Å². The van der Waals surface area contributed by atoms with E-state index in [1.54, 1.807) is 18.2 Å². The summed E-state index contributed by atoms with van der Waals surface area (Å²) in [6.07, 6.45) is 0. The largest absolute Gasteiger partial charge is 1.00 e. The first kappa shape index (κ1) is 44.8. The van der Waals surface area contributed by atoms with Gasteiger partial charge in [-0.3, -0.25) is 10.1 Å². The number of hydrogen-bond acceptors (Lipinski definition) is 17. The maximum absolute atomic E-state index is 11.9. The molecule has 0 unspecified atom stereocenters. The molecular formula is C32H17Na3O14S4. The monoisotopic (exact) mass is 822 g/mol. The van der Waals surface area contributed by atoms with E-state index >= 15 is 0 Å². The molecular weight excluding hydrogens is 806 g/mol. The zero-order valence-corrected chi connectivity index (χ0v) is 36.8. The second-order valence-electron chi connectivity index (χ2n) is 10.5. The topological polar surface area (TPSA) is 219 Å². The van der Waals surface area contributed by atoms with Crippen molar-refractivity contribution in [3.63, 3.8) is 0 Å². The van der Waals surface area contributed by atoms with Crippen LogP contribution in [0.15, 0.2) is 105 Å². The quantitative estimate of drug-likeness (QED) is 0.0321. The number of benzene rings is 8. The van der Waals surface area contributed by atoms with E-state index in [-0.39, 0.29) is 110 Å². The van der Waals surface area contributed by atoms with Gasteiger partial charge in [0.2, 0.25) is 0 Å². The zero-order valence-electron chi connectivity index (χ0n) is 27.5. The van der Waals surface area contributed by atoms with Crippen molar-refractivity contribution in [3.8, 4) is 11.5 Å². The van der Waals surface area contributed by atoms with E-state index < -0.39 is 15.0 Å². The molecule has 0 aliphatic rings. The second-order valence-corrected chi connectivity index (χ2v) is 14.1. The van der Waals surface area contributed by atoms with Crippen molar-refractivity contribution in [2.45, 2.75) is 19.6 Å². The normalized spacial score (nSPS) is 11.5. The summed E-state index contributed by atoms with van der Waals surface area (Å²) >= 11 is 1.84. The summed E-state index contributed by atoms with van der Waals surface area (Å²) in [4.78, 5) is 0.582. The molecule has 256 valence electrons. The van der Waals surface area contributed by atoms with Crippen LogP contribution in [0.5, 0.6) is 11.5 Å². The van der Waals surface area contributed by atoms with Crippen LogP contribution in [0.25, 0.3) is 64.6 Å². The number of aromatic hydroxyl groups is 2. The third-order valence-corrected chi connectivity index (χ3v) is 10.9. The molecule has 53 heavy (non-hydrogen) atoms.